The van der Waals surface area contributed by atoms with Crippen molar-refractivity contribution in [1.82, 2.24) is 14.0 Å². The van der Waals surface area contributed by atoms with E-state index in [9.17, 15) is 9.18 Å². The standard InChI is InChI=1S/C17H9Br2ClFN3O/c1-23-4-5-24-12-7-10(18)13(14(19)15(12)22-17(23)24)16(25)9-6-8(21)2-3-11(9)20/h2-7H,1H3. The van der Waals surface area contributed by atoms with Crippen LogP contribution >= 0.6 is 43.5 Å². The molecule has 0 saturated heterocycles. The van der Waals surface area contributed by atoms with E-state index < -0.39 is 5.82 Å². The summed E-state index contributed by atoms with van der Waals surface area (Å²) in [5.74, 6) is -0.160. The van der Waals surface area contributed by atoms with Gasteiger partial charge in [-0.3, -0.25) is 9.20 Å². The molecule has 2 aromatic heterocycles. The number of halogens is 4. The van der Waals surface area contributed by atoms with Gasteiger partial charge in [-0.1, -0.05) is 11.6 Å². The lowest BCUT2D eigenvalue weighted by Gasteiger charge is -2.09. The monoisotopic (exact) mass is 483 g/mol. The SMILES string of the molecule is Cn1ccn2c3cc(Br)c(C(=O)c4cc(F)ccc4Cl)c(Br)c3nc12. The number of hydrogen-bond donors (Lipinski definition) is 0. The Balaban J connectivity index is 2.00. The van der Waals surface area contributed by atoms with Crippen molar-refractivity contribution < 1.29 is 9.18 Å². The van der Waals surface area contributed by atoms with Gasteiger partial charge >= 0.3 is 0 Å². The molecular weight excluding hydrogens is 476 g/mol. The van der Waals surface area contributed by atoms with Gasteiger partial charge in [0, 0.05) is 29.5 Å². The molecular formula is C17H9Br2ClFN3O. The normalized spacial score (nSPS) is 11.6. The number of fused-ring (bicyclic) bond motifs is 3. The maximum atomic E-state index is 13.6. The highest BCUT2D eigenvalue weighted by Gasteiger charge is 2.23. The fraction of sp³-hybridized carbons (Fsp3) is 0.0588. The molecule has 0 saturated carbocycles. The Morgan fingerprint density at radius 2 is 2.00 bits per heavy atom. The number of hydrogen-bond acceptors (Lipinski definition) is 2. The number of imidazole rings is 2. The first-order chi connectivity index (χ1) is 11.9. The van der Waals surface area contributed by atoms with Crippen LogP contribution in [0, 0.1) is 5.82 Å². The molecule has 2 aromatic carbocycles. The Morgan fingerprint density at radius 1 is 1.24 bits per heavy atom. The molecule has 0 amide bonds. The zero-order chi connectivity index (χ0) is 17.9. The third kappa shape index (κ3) is 2.53. The maximum Gasteiger partial charge on any atom is 0.214 e. The lowest BCUT2D eigenvalue weighted by Crippen LogP contribution is -2.05. The summed E-state index contributed by atoms with van der Waals surface area (Å²) in [5.41, 5.74) is 1.94. The average molecular weight is 486 g/mol. The molecule has 4 rings (SSSR count). The highest BCUT2D eigenvalue weighted by molar-refractivity contribution is 9.11. The van der Waals surface area contributed by atoms with Crippen LogP contribution in [0.3, 0.4) is 0 Å². The Hall–Kier alpha value is -1.70. The van der Waals surface area contributed by atoms with Gasteiger partial charge in [-0.2, -0.15) is 0 Å². The fourth-order valence-corrected chi connectivity index (χ4v) is 4.54. The second-order valence-electron chi connectivity index (χ2n) is 5.56. The number of ketones is 1. The van der Waals surface area contributed by atoms with Gasteiger partial charge in [-0.05, 0) is 56.1 Å². The smallest absolute Gasteiger partial charge is 0.214 e. The average Bonchev–Trinajstić information content (AvgIpc) is 3.10. The number of carbonyl (C=O) groups is 1. The molecule has 0 atom stereocenters. The van der Waals surface area contributed by atoms with Gasteiger partial charge in [0.15, 0.2) is 5.78 Å². The summed E-state index contributed by atoms with van der Waals surface area (Å²) in [7, 11) is 1.89. The zero-order valence-electron chi connectivity index (χ0n) is 12.7. The van der Waals surface area contributed by atoms with Gasteiger partial charge in [0.05, 0.1) is 20.6 Å². The molecule has 0 bridgehead atoms. The van der Waals surface area contributed by atoms with Gasteiger partial charge in [0.2, 0.25) is 5.78 Å². The van der Waals surface area contributed by atoms with Crippen LogP contribution < -0.4 is 0 Å². The number of carbonyl (C=O) groups excluding carboxylic acids is 1. The van der Waals surface area contributed by atoms with Crippen molar-refractivity contribution in [1.29, 1.82) is 0 Å². The van der Waals surface area contributed by atoms with Gasteiger partial charge in [0.25, 0.3) is 0 Å². The first kappa shape index (κ1) is 16.8. The van der Waals surface area contributed by atoms with Crippen molar-refractivity contribution in [3.63, 3.8) is 0 Å². The molecule has 0 spiro atoms. The summed E-state index contributed by atoms with van der Waals surface area (Å²) in [4.78, 5) is 17.6. The van der Waals surface area contributed by atoms with E-state index in [1.54, 1.807) is 0 Å². The van der Waals surface area contributed by atoms with Crippen LogP contribution in [0.25, 0.3) is 16.8 Å². The summed E-state index contributed by atoms with van der Waals surface area (Å²) >= 11 is 13.0. The second kappa shape index (κ2) is 5.93. The molecule has 8 heteroatoms. The third-order valence-electron chi connectivity index (χ3n) is 4.01. The molecule has 4 aromatic rings. The zero-order valence-corrected chi connectivity index (χ0v) is 16.7. The quantitative estimate of drug-likeness (QED) is 0.358. The lowest BCUT2D eigenvalue weighted by molar-refractivity contribution is 0.103. The van der Waals surface area contributed by atoms with Crippen LogP contribution in [0.15, 0.2) is 45.6 Å². The summed E-state index contributed by atoms with van der Waals surface area (Å²) < 4.78 is 18.5. The number of aryl methyl sites for hydroxylation is 1. The molecule has 2 heterocycles. The summed E-state index contributed by atoms with van der Waals surface area (Å²) in [6.45, 7) is 0. The highest BCUT2D eigenvalue weighted by atomic mass is 79.9. The van der Waals surface area contributed by atoms with Crippen LogP contribution in [0.2, 0.25) is 5.02 Å². The second-order valence-corrected chi connectivity index (χ2v) is 7.61. The van der Waals surface area contributed by atoms with E-state index in [1.165, 1.54) is 12.1 Å². The van der Waals surface area contributed by atoms with Crippen molar-refractivity contribution in [3.05, 3.63) is 67.6 Å². The van der Waals surface area contributed by atoms with E-state index in [2.05, 4.69) is 36.8 Å². The molecule has 4 nitrogen and oxygen atoms in total. The third-order valence-corrected chi connectivity index (χ3v) is 5.74. The van der Waals surface area contributed by atoms with E-state index >= 15 is 0 Å². The molecule has 126 valence electrons. The summed E-state index contributed by atoms with van der Waals surface area (Å²) in [5, 5.41) is 0.195. The molecule has 0 unspecified atom stereocenters. The molecule has 0 radical (unpaired) electrons. The first-order valence-electron chi connectivity index (χ1n) is 7.19. The lowest BCUT2D eigenvalue weighted by atomic mass is 10.0. The van der Waals surface area contributed by atoms with E-state index in [0.717, 1.165) is 17.4 Å². The number of aromatic nitrogens is 3. The van der Waals surface area contributed by atoms with E-state index in [-0.39, 0.29) is 16.4 Å². The van der Waals surface area contributed by atoms with Crippen molar-refractivity contribution in [2.24, 2.45) is 7.05 Å². The Labute approximate surface area is 163 Å². The Kier molecular flexibility index (Phi) is 3.97. The van der Waals surface area contributed by atoms with Gasteiger partial charge in [0.1, 0.15) is 11.3 Å². The van der Waals surface area contributed by atoms with E-state index in [1.807, 2.05) is 34.5 Å². The van der Waals surface area contributed by atoms with Gasteiger partial charge in [-0.25, -0.2) is 9.37 Å². The minimum Gasteiger partial charge on any atom is -0.320 e. The summed E-state index contributed by atoms with van der Waals surface area (Å²) in [6, 6.07) is 5.54. The van der Waals surface area contributed by atoms with Crippen LogP contribution in [0.4, 0.5) is 4.39 Å². The van der Waals surface area contributed by atoms with Gasteiger partial charge in [-0.15, -0.1) is 0 Å². The minimum atomic E-state index is -0.520. The van der Waals surface area contributed by atoms with Crippen LogP contribution in [-0.2, 0) is 7.05 Å². The number of rotatable bonds is 2. The van der Waals surface area contributed by atoms with Gasteiger partial charge < -0.3 is 4.57 Å². The topological polar surface area (TPSA) is 39.3 Å². The van der Waals surface area contributed by atoms with Crippen molar-refractivity contribution in [2.75, 3.05) is 0 Å². The fourth-order valence-electron chi connectivity index (χ4n) is 2.79. The minimum absolute atomic E-state index is 0.103. The van der Waals surface area contributed by atoms with Crippen LogP contribution in [0.5, 0.6) is 0 Å². The predicted octanol–water partition coefficient (Wildman–Crippen LogP) is 5.37. The van der Waals surface area contributed by atoms with Crippen molar-refractivity contribution in [2.45, 2.75) is 0 Å². The van der Waals surface area contributed by atoms with E-state index in [4.69, 9.17) is 11.6 Å². The number of benzene rings is 2. The van der Waals surface area contributed by atoms with Crippen LogP contribution in [-0.4, -0.2) is 19.7 Å². The molecule has 0 aliphatic heterocycles. The highest BCUT2D eigenvalue weighted by Crippen LogP contribution is 2.36. The van der Waals surface area contributed by atoms with E-state index in [0.29, 0.717) is 20.0 Å². The van der Waals surface area contributed by atoms with Crippen molar-refractivity contribution in [3.8, 4) is 0 Å². The van der Waals surface area contributed by atoms with Crippen LogP contribution in [0.1, 0.15) is 15.9 Å². The Morgan fingerprint density at radius 3 is 2.76 bits per heavy atom. The molecule has 25 heavy (non-hydrogen) atoms. The first-order valence-corrected chi connectivity index (χ1v) is 9.15. The molecule has 0 aliphatic rings. The predicted molar refractivity (Wildman–Crippen MR) is 102 cm³/mol. The number of nitrogens with zero attached hydrogens (tertiary/aromatic N) is 3. The maximum absolute atomic E-state index is 13.6. The molecule has 0 aliphatic carbocycles. The summed E-state index contributed by atoms with van der Waals surface area (Å²) in [6.07, 6.45) is 3.80. The largest absolute Gasteiger partial charge is 0.320 e. The Bertz CT molecular complexity index is 1180. The molecule has 0 N–H and O–H groups in total. The van der Waals surface area contributed by atoms with Crippen molar-refractivity contribution >= 4 is 66.1 Å². The molecule has 0 fully saturated rings.